The molecule has 0 bridgehead atoms. The number of aromatic amines is 2. The summed E-state index contributed by atoms with van der Waals surface area (Å²) >= 11 is 0. The number of amides is 4. The van der Waals surface area contributed by atoms with Crippen molar-refractivity contribution in [2.75, 3.05) is 59.9 Å². The Morgan fingerprint density at radius 1 is 0.375 bits per heavy atom. The van der Waals surface area contributed by atoms with E-state index in [1.54, 1.807) is 14.1 Å². The van der Waals surface area contributed by atoms with Gasteiger partial charge in [-0.1, -0.05) is 157 Å². The van der Waals surface area contributed by atoms with Crippen molar-refractivity contribution in [3.8, 4) is 0 Å². The molecule has 60 N–H and O–H groups in total. The summed E-state index contributed by atoms with van der Waals surface area (Å²) < 4.78 is 0. The van der Waals surface area contributed by atoms with Gasteiger partial charge in [-0.15, -0.1) is 0 Å². The van der Waals surface area contributed by atoms with E-state index in [0.29, 0.717) is 12.8 Å². The van der Waals surface area contributed by atoms with Gasteiger partial charge < -0.3 is 205 Å². The highest BCUT2D eigenvalue weighted by atomic mass is 16.2. The standard InChI is InChI=1S/2C12H16N2O2.2C10H11N.2C5H13N3.C5H13N.2C4H9N.10CH2O.14H3N/c2*1-9(15)14-11(12(16)13-2)8-10-6-4-3-5-7-10;2*1-2-8-7-11-10-6-4-3-5-9(8)10;2*1-2-3-4-8-5(6)7;1-2-3-4-5-6;2*1-2-4-5-3-1;10*1-2;;;;;;;;;;;;;;/h2*3-7,11H,8H2,1-2H3,(H,13,16)(H,14,15);2*3-7,11H,2H2,1H3;2*2-4H2,1H3,(H4,6,7,8);2-6H2,1H3;2*5H,1-4H2;10*1H2;14*1H3/t2*11-;;;;;;;;;;;;;;;;;;;;;;;;;;;;;;;/m00.............................../s1. The van der Waals surface area contributed by atoms with E-state index in [-0.39, 0.29) is 122 Å². The SMILES string of the molecule is C1CCNC1.C1CCNC1.C=O.C=O.C=O.C=O.C=O.C=O.C=O.C=O.C=O.C=O.CCCCCN.CCCCN=C(N)N.CCCCN=C(N)N.CCc1c[nH]c2ccccc12.CCc1c[nH]c2ccccc12.CNC(=O)[C@H](Cc1ccccc1)NC(C)=O.CNC(=O)[C@H](Cc1ccccc1)NC(C)=O.N.N.N.N.N.N.N.N.N.N.N.N.N.N. The van der Waals surface area contributed by atoms with E-state index in [0.717, 1.165) is 69.3 Å². The summed E-state index contributed by atoms with van der Waals surface area (Å²) in [6.07, 6.45) is 21.1. The van der Waals surface area contributed by atoms with Gasteiger partial charge in [0, 0.05) is 88.1 Å². The summed E-state index contributed by atoms with van der Waals surface area (Å²) in [5, 5.41) is 19.5. The Morgan fingerprint density at radius 2 is 0.617 bits per heavy atom. The molecule has 0 unspecified atom stereocenters. The Balaban J connectivity index is -0.0000000359. The number of likely N-dealkylation sites (N-methyl/N-ethyl adjacent to an activating group) is 2. The number of aromatic nitrogens is 2. The number of unbranched alkanes of at least 4 members (excludes halogenated alkanes) is 4. The van der Waals surface area contributed by atoms with E-state index < -0.39 is 12.1 Å². The van der Waals surface area contributed by atoms with Gasteiger partial charge in [-0.25, -0.2) is 0 Å². The molecule has 0 radical (unpaired) electrons. The average Bonchev–Trinajstić information content (AvgIpc) is 1.71. The lowest BCUT2D eigenvalue weighted by Crippen LogP contribution is -2.46. The van der Waals surface area contributed by atoms with Crippen LogP contribution in [0.1, 0.15) is 141 Å². The lowest BCUT2D eigenvalue weighted by Gasteiger charge is -2.16. The number of aliphatic imine (C=N–C) groups is 2. The molecular formula is C77H173N29O14. The number of fused-ring (bicyclic) bond motifs is 2. The first-order chi connectivity index (χ1) is 51.5. The van der Waals surface area contributed by atoms with Gasteiger partial charge in [-0.3, -0.25) is 29.2 Å². The first-order valence-corrected chi connectivity index (χ1v) is 33.8. The average molecular weight is 1730 g/mol. The quantitative estimate of drug-likeness (QED) is 0.0204. The van der Waals surface area contributed by atoms with Crippen LogP contribution in [-0.2, 0) is 92.8 Å². The molecule has 0 saturated carbocycles. The number of para-hydroxylation sites is 2. The number of nitrogens with two attached hydrogens (primary N) is 5. The second-order valence-corrected chi connectivity index (χ2v) is 20.3. The monoisotopic (exact) mass is 1730 g/mol. The predicted octanol–water partition coefficient (Wildman–Crippen LogP) is 8.83. The summed E-state index contributed by atoms with van der Waals surface area (Å²) in [5.41, 5.74) is 32.8. The Morgan fingerprint density at radius 3 is 0.800 bits per heavy atom. The number of benzene rings is 4. The zero-order valence-electron chi connectivity index (χ0n) is 74.7. The lowest BCUT2D eigenvalue weighted by molar-refractivity contribution is -0.127. The normalized spacial score (nSPS) is 8.98. The van der Waals surface area contributed by atoms with Crippen LogP contribution in [0.15, 0.2) is 132 Å². The Kier molecular flexibility index (Phi) is 233. The molecular weight excluding hydrogens is 1560 g/mol. The molecule has 43 nitrogen and oxygen atoms in total. The number of hydrogen-bond acceptors (Lipinski definition) is 33. The molecule has 2 aromatic heterocycles. The molecule has 6 aromatic rings. The molecule has 0 aliphatic carbocycles. The molecule has 710 valence electrons. The molecule has 4 amide bonds. The van der Waals surface area contributed by atoms with Gasteiger partial charge in [-0.2, -0.15) is 0 Å². The fourth-order valence-corrected chi connectivity index (χ4v) is 8.18. The topological polar surface area (TPSA) is 988 Å². The van der Waals surface area contributed by atoms with E-state index >= 15 is 0 Å². The van der Waals surface area contributed by atoms with Crippen molar-refractivity contribution in [2.45, 2.75) is 157 Å². The van der Waals surface area contributed by atoms with Gasteiger partial charge in [0.1, 0.15) is 80.0 Å². The van der Waals surface area contributed by atoms with Gasteiger partial charge in [0.2, 0.25) is 23.6 Å². The van der Waals surface area contributed by atoms with Crippen molar-refractivity contribution in [1.29, 1.82) is 0 Å². The zero-order valence-corrected chi connectivity index (χ0v) is 74.7. The number of hydrogen-bond donors (Lipinski definition) is 27. The zero-order chi connectivity index (χ0) is 84.0. The summed E-state index contributed by atoms with van der Waals surface area (Å²) in [6, 6.07) is 34.9. The second-order valence-electron chi connectivity index (χ2n) is 20.3. The molecule has 8 rings (SSSR count). The van der Waals surface area contributed by atoms with Crippen molar-refractivity contribution in [2.24, 2.45) is 38.7 Å². The first kappa shape index (κ1) is 180. The number of rotatable bonds is 19. The minimum absolute atomic E-state index is 0. The van der Waals surface area contributed by atoms with E-state index in [1.807, 2.05) is 129 Å². The summed E-state index contributed by atoms with van der Waals surface area (Å²) in [4.78, 5) is 139. The minimum atomic E-state index is -0.509. The Labute approximate surface area is 716 Å². The summed E-state index contributed by atoms with van der Waals surface area (Å²) in [5.74, 6) is -0.385. The molecule has 43 heteroatoms. The maximum Gasteiger partial charge on any atom is 0.242 e. The van der Waals surface area contributed by atoms with Crippen LogP contribution in [0, 0.1) is 0 Å². The van der Waals surface area contributed by atoms with Gasteiger partial charge >= 0.3 is 0 Å². The smallest absolute Gasteiger partial charge is 0.242 e. The van der Waals surface area contributed by atoms with E-state index in [2.05, 4.69) is 147 Å². The second kappa shape index (κ2) is 156. The maximum absolute atomic E-state index is 11.5. The molecule has 2 aliphatic rings. The Hall–Kier alpha value is -11.6. The summed E-state index contributed by atoms with van der Waals surface area (Å²) in [6.45, 7) is 40.9. The highest BCUT2D eigenvalue weighted by molar-refractivity contribution is 5.88. The van der Waals surface area contributed by atoms with Gasteiger partial charge in [0.05, 0.1) is 0 Å². The van der Waals surface area contributed by atoms with Crippen LogP contribution in [0.4, 0.5) is 0 Å². The number of H-pyrrole nitrogens is 2. The third kappa shape index (κ3) is 120. The van der Waals surface area contributed by atoms with Crippen molar-refractivity contribution in [1.82, 2.24) is 128 Å². The van der Waals surface area contributed by atoms with Gasteiger partial charge in [-0.05, 0) is 125 Å². The third-order valence-corrected chi connectivity index (χ3v) is 12.9. The number of guanidine groups is 2. The minimum Gasteiger partial charge on any atom is -0.370 e. The fraction of sp³-hybridized carbons (Fsp3) is 0.429. The predicted molar refractivity (Wildman–Crippen MR) is 504 cm³/mol. The largest absolute Gasteiger partial charge is 0.370 e. The number of carbonyl (C=O) groups is 14. The Bertz CT molecular complexity index is 2700. The molecule has 4 aromatic carbocycles. The van der Waals surface area contributed by atoms with Gasteiger partial charge in [0.15, 0.2) is 11.9 Å². The highest BCUT2D eigenvalue weighted by Gasteiger charge is 2.19. The van der Waals surface area contributed by atoms with Crippen molar-refractivity contribution in [3.05, 3.63) is 144 Å². The maximum atomic E-state index is 11.5. The molecule has 2 saturated heterocycles. The van der Waals surface area contributed by atoms with Gasteiger partial charge in [0.25, 0.3) is 0 Å². The van der Waals surface area contributed by atoms with E-state index in [1.165, 1.54) is 118 Å². The lowest BCUT2D eigenvalue weighted by atomic mass is 10.1. The fourth-order valence-electron chi connectivity index (χ4n) is 8.18. The molecule has 2 aliphatic heterocycles. The molecule has 2 atom stereocenters. The number of carbonyl (C=O) groups excluding carboxylic acids is 14. The van der Waals surface area contributed by atoms with Crippen molar-refractivity contribution < 1.29 is 67.1 Å². The van der Waals surface area contributed by atoms with E-state index in [4.69, 9.17) is 76.6 Å². The third-order valence-electron chi connectivity index (χ3n) is 12.9. The summed E-state index contributed by atoms with van der Waals surface area (Å²) in [7, 11) is 3.12. The van der Waals surface area contributed by atoms with Crippen LogP contribution in [-0.4, -0.2) is 185 Å². The molecule has 4 heterocycles. The highest BCUT2D eigenvalue weighted by Crippen LogP contribution is 2.18. The molecule has 0 spiro atoms. The van der Waals surface area contributed by atoms with E-state index in [9.17, 15) is 19.2 Å². The van der Waals surface area contributed by atoms with Crippen LogP contribution in [0.3, 0.4) is 0 Å². The molecule has 2 fully saturated rings. The van der Waals surface area contributed by atoms with Crippen molar-refractivity contribution in [3.63, 3.8) is 0 Å². The van der Waals surface area contributed by atoms with Crippen LogP contribution in [0.2, 0.25) is 0 Å². The number of nitrogens with zero attached hydrogens (tertiary/aromatic N) is 2. The van der Waals surface area contributed by atoms with Crippen molar-refractivity contribution >= 4 is 125 Å². The van der Waals surface area contributed by atoms with Crippen LogP contribution in [0.5, 0.6) is 0 Å². The molecule has 120 heavy (non-hydrogen) atoms. The van der Waals surface area contributed by atoms with Crippen LogP contribution < -0.4 is 147 Å². The van der Waals surface area contributed by atoms with Crippen LogP contribution in [0.25, 0.3) is 21.8 Å². The number of aryl methyl sites for hydroxylation is 2. The number of nitrogens with one attached hydrogen (secondary N) is 8. The van der Waals surface area contributed by atoms with Crippen LogP contribution >= 0.6 is 0 Å². The first-order valence-electron chi connectivity index (χ1n) is 33.8.